The summed E-state index contributed by atoms with van der Waals surface area (Å²) in [5, 5.41) is 6.57. The molecular formula is C19H32IN3O3. The zero-order valence-corrected chi connectivity index (χ0v) is 18.4. The van der Waals surface area contributed by atoms with Crippen LogP contribution in [0.2, 0.25) is 0 Å². The second kappa shape index (κ2) is 13.2. The molecule has 0 heterocycles. The van der Waals surface area contributed by atoms with Crippen molar-refractivity contribution in [2.24, 2.45) is 10.9 Å². The lowest BCUT2D eigenvalue weighted by Gasteiger charge is -2.15. The molecule has 0 saturated heterocycles. The SMILES string of the molecule is CN=C(NCCOCCOC)NCc1ccc(C)cc1OCC1CC1.I. The van der Waals surface area contributed by atoms with Gasteiger partial charge in [-0.15, -0.1) is 24.0 Å². The number of guanidine groups is 1. The van der Waals surface area contributed by atoms with Crippen LogP contribution in [0.15, 0.2) is 23.2 Å². The number of nitrogens with zero attached hydrogens (tertiary/aromatic N) is 1. The molecule has 1 aromatic rings. The average molecular weight is 477 g/mol. The van der Waals surface area contributed by atoms with E-state index in [0.717, 1.165) is 29.8 Å². The molecule has 2 rings (SSSR count). The Hall–Kier alpha value is -1.06. The summed E-state index contributed by atoms with van der Waals surface area (Å²) in [6, 6.07) is 6.34. The van der Waals surface area contributed by atoms with Crippen molar-refractivity contribution in [3.8, 4) is 5.75 Å². The highest BCUT2D eigenvalue weighted by molar-refractivity contribution is 14.0. The van der Waals surface area contributed by atoms with Crippen LogP contribution >= 0.6 is 24.0 Å². The molecule has 2 N–H and O–H groups in total. The van der Waals surface area contributed by atoms with Gasteiger partial charge in [0.1, 0.15) is 5.75 Å². The van der Waals surface area contributed by atoms with Crippen molar-refractivity contribution in [3.05, 3.63) is 29.3 Å². The summed E-state index contributed by atoms with van der Waals surface area (Å²) >= 11 is 0. The van der Waals surface area contributed by atoms with Gasteiger partial charge in [0.2, 0.25) is 0 Å². The van der Waals surface area contributed by atoms with Crippen molar-refractivity contribution in [2.45, 2.75) is 26.3 Å². The topological polar surface area (TPSA) is 64.1 Å². The third-order valence-corrected chi connectivity index (χ3v) is 4.03. The summed E-state index contributed by atoms with van der Waals surface area (Å²) in [5.74, 6) is 2.47. The fourth-order valence-electron chi connectivity index (χ4n) is 2.32. The van der Waals surface area contributed by atoms with Gasteiger partial charge in [0.25, 0.3) is 0 Å². The molecule has 0 aliphatic heterocycles. The van der Waals surface area contributed by atoms with Crippen molar-refractivity contribution in [2.75, 3.05) is 47.1 Å². The molecular weight excluding hydrogens is 445 g/mol. The minimum absolute atomic E-state index is 0. The highest BCUT2D eigenvalue weighted by atomic mass is 127. The molecule has 0 amide bonds. The Morgan fingerprint density at radius 2 is 2.00 bits per heavy atom. The van der Waals surface area contributed by atoms with Crippen LogP contribution in [-0.4, -0.2) is 53.1 Å². The number of hydrogen-bond donors (Lipinski definition) is 2. The molecule has 0 radical (unpaired) electrons. The van der Waals surface area contributed by atoms with E-state index < -0.39 is 0 Å². The molecule has 0 atom stereocenters. The summed E-state index contributed by atoms with van der Waals surface area (Å²) in [6.07, 6.45) is 2.59. The Balaban J connectivity index is 0.00000338. The third kappa shape index (κ3) is 9.05. The van der Waals surface area contributed by atoms with Gasteiger partial charge >= 0.3 is 0 Å². The number of halogens is 1. The zero-order chi connectivity index (χ0) is 17.9. The number of aryl methyl sites for hydroxylation is 1. The van der Waals surface area contributed by atoms with Crippen molar-refractivity contribution in [1.29, 1.82) is 0 Å². The number of nitrogens with one attached hydrogen (secondary N) is 2. The minimum Gasteiger partial charge on any atom is -0.493 e. The van der Waals surface area contributed by atoms with Gasteiger partial charge in [0.15, 0.2) is 5.96 Å². The lowest BCUT2D eigenvalue weighted by molar-refractivity contribution is 0.0733. The smallest absolute Gasteiger partial charge is 0.191 e. The maximum absolute atomic E-state index is 6.01. The largest absolute Gasteiger partial charge is 0.493 e. The van der Waals surface area contributed by atoms with Gasteiger partial charge in [-0.2, -0.15) is 0 Å². The number of methoxy groups -OCH3 is 1. The first kappa shape index (κ1) is 23.0. The number of hydrogen-bond acceptors (Lipinski definition) is 4. The normalized spacial score (nSPS) is 13.9. The number of rotatable bonds is 11. The van der Waals surface area contributed by atoms with Gasteiger partial charge in [0, 0.05) is 32.8 Å². The zero-order valence-electron chi connectivity index (χ0n) is 16.0. The van der Waals surface area contributed by atoms with E-state index in [2.05, 4.69) is 40.7 Å². The molecule has 148 valence electrons. The van der Waals surface area contributed by atoms with Crippen LogP contribution in [0.1, 0.15) is 24.0 Å². The van der Waals surface area contributed by atoms with Crippen molar-refractivity contribution >= 4 is 29.9 Å². The van der Waals surface area contributed by atoms with Crippen LogP contribution < -0.4 is 15.4 Å². The first-order chi connectivity index (χ1) is 12.2. The molecule has 0 unspecified atom stereocenters. The highest BCUT2D eigenvalue weighted by Crippen LogP contribution is 2.30. The summed E-state index contributed by atoms with van der Waals surface area (Å²) in [5.41, 5.74) is 2.36. The van der Waals surface area contributed by atoms with Gasteiger partial charge in [-0.3, -0.25) is 4.99 Å². The van der Waals surface area contributed by atoms with Crippen LogP contribution in [0.5, 0.6) is 5.75 Å². The standard InChI is InChI=1S/C19H31N3O3.HI/c1-15-4-7-17(18(12-15)25-14-16-5-6-16)13-22-19(20-2)21-8-9-24-11-10-23-3;/h4,7,12,16H,5-6,8-11,13-14H2,1-3H3,(H2,20,21,22);1H. The van der Waals surface area contributed by atoms with Crippen LogP contribution in [-0.2, 0) is 16.0 Å². The predicted octanol–water partition coefficient (Wildman–Crippen LogP) is 2.73. The summed E-state index contributed by atoms with van der Waals surface area (Å²) < 4.78 is 16.4. The molecule has 1 fully saturated rings. The van der Waals surface area contributed by atoms with Gasteiger partial charge < -0.3 is 24.8 Å². The Bertz CT molecular complexity index is 551. The van der Waals surface area contributed by atoms with Crippen LogP contribution in [0.25, 0.3) is 0 Å². The Labute approximate surface area is 174 Å². The third-order valence-electron chi connectivity index (χ3n) is 4.03. The van der Waals surface area contributed by atoms with Gasteiger partial charge in [0.05, 0.1) is 26.4 Å². The molecule has 1 saturated carbocycles. The minimum atomic E-state index is 0. The van der Waals surface area contributed by atoms with E-state index in [-0.39, 0.29) is 24.0 Å². The molecule has 0 bridgehead atoms. The fourth-order valence-corrected chi connectivity index (χ4v) is 2.32. The summed E-state index contributed by atoms with van der Waals surface area (Å²) in [4.78, 5) is 4.24. The Morgan fingerprint density at radius 3 is 2.69 bits per heavy atom. The summed E-state index contributed by atoms with van der Waals surface area (Å²) in [6.45, 7) is 6.12. The monoisotopic (exact) mass is 477 g/mol. The first-order valence-corrected chi connectivity index (χ1v) is 8.96. The molecule has 0 aromatic heterocycles. The van der Waals surface area contributed by atoms with E-state index in [1.165, 1.54) is 18.4 Å². The van der Waals surface area contributed by atoms with E-state index >= 15 is 0 Å². The molecule has 6 nitrogen and oxygen atoms in total. The average Bonchev–Trinajstić information content (AvgIpc) is 3.44. The van der Waals surface area contributed by atoms with E-state index in [9.17, 15) is 0 Å². The maximum Gasteiger partial charge on any atom is 0.191 e. The van der Waals surface area contributed by atoms with Crippen molar-refractivity contribution < 1.29 is 14.2 Å². The molecule has 1 aliphatic rings. The Kier molecular flexibility index (Phi) is 11.6. The fraction of sp³-hybridized carbons (Fsp3) is 0.632. The Morgan fingerprint density at radius 1 is 1.19 bits per heavy atom. The quantitative estimate of drug-likeness (QED) is 0.222. The van der Waals surface area contributed by atoms with E-state index in [1.807, 2.05) is 0 Å². The van der Waals surface area contributed by atoms with Gasteiger partial charge in [-0.05, 0) is 37.3 Å². The van der Waals surface area contributed by atoms with Crippen molar-refractivity contribution in [1.82, 2.24) is 10.6 Å². The van der Waals surface area contributed by atoms with E-state index in [1.54, 1.807) is 14.2 Å². The highest BCUT2D eigenvalue weighted by Gasteiger charge is 2.22. The van der Waals surface area contributed by atoms with Crippen LogP contribution in [0.3, 0.4) is 0 Å². The molecule has 7 heteroatoms. The van der Waals surface area contributed by atoms with Crippen molar-refractivity contribution in [3.63, 3.8) is 0 Å². The van der Waals surface area contributed by atoms with Gasteiger partial charge in [-0.1, -0.05) is 12.1 Å². The lowest BCUT2D eigenvalue weighted by atomic mass is 10.1. The molecule has 1 aliphatic carbocycles. The maximum atomic E-state index is 6.01. The second-order valence-electron chi connectivity index (χ2n) is 6.32. The number of aliphatic imine (C=N–C) groups is 1. The first-order valence-electron chi connectivity index (χ1n) is 8.96. The number of benzene rings is 1. The molecule has 1 aromatic carbocycles. The molecule has 26 heavy (non-hydrogen) atoms. The molecule has 0 spiro atoms. The lowest BCUT2D eigenvalue weighted by Crippen LogP contribution is -2.38. The number of ether oxygens (including phenoxy) is 3. The second-order valence-corrected chi connectivity index (χ2v) is 6.32. The van der Waals surface area contributed by atoms with E-state index in [4.69, 9.17) is 14.2 Å². The van der Waals surface area contributed by atoms with E-state index in [0.29, 0.717) is 32.9 Å². The summed E-state index contributed by atoms with van der Waals surface area (Å²) in [7, 11) is 3.43. The van der Waals surface area contributed by atoms with Gasteiger partial charge in [-0.25, -0.2) is 0 Å². The predicted molar refractivity (Wildman–Crippen MR) is 116 cm³/mol. The van der Waals surface area contributed by atoms with Crippen LogP contribution in [0, 0.1) is 12.8 Å². The van der Waals surface area contributed by atoms with Crippen LogP contribution in [0.4, 0.5) is 0 Å².